The number of hydrogen-bond donors (Lipinski definition) is 2. The molecular weight excluding hydrogens is 451 g/mol. The lowest BCUT2D eigenvalue weighted by molar-refractivity contribution is -0.143. The van der Waals surface area contributed by atoms with Crippen LogP contribution < -0.4 is 15.4 Å². The van der Waals surface area contributed by atoms with Crippen LogP contribution in [0.4, 0.5) is 4.79 Å². The Kier molecular flexibility index (Phi) is 8.04. The Bertz CT molecular complexity index is 1040. The Morgan fingerprint density at radius 3 is 2.62 bits per heavy atom. The van der Waals surface area contributed by atoms with E-state index in [0.29, 0.717) is 39.0 Å². The van der Waals surface area contributed by atoms with Crippen LogP contribution in [0, 0.1) is 0 Å². The minimum Gasteiger partial charge on any atom is -0.489 e. The van der Waals surface area contributed by atoms with Gasteiger partial charge in [0.2, 0.25) is 0 Å². The molecule has 6 nitrogen and oxygen atoms in total. The fourth-order valence-corrected chi connectivity index (χ4v) is 3.88. The van der Waals surface area contributed by atoms with Crippen LogP contribution in [0.3, 0.4) is 0 Å². The minimum absolute atomic E-state index is 0.247. The Balaban J connectivity index is 1.89. The van der Waals surface area contributed by atoms with Crippen molar-refractivity contribution >= 4 is 35.2 Å². The number of rotatable bonds is 8. The molecule has 8 heteroatoms. The average molecular weight is 477 g/mol. The summed E-state index contributed by atoms with van der Waals surface area (Å²) in [4.78, 5) is 25.2. The minimum atomic E-state index is -0.654. The Hall–Kier alpha value is -2.70. The number of ether oxygens (including phenoxy) is 2. The SMILES string of the molecule is CCCC1=C(C(=O)OC(C)C)C(c2cccc(OCc3ccc(Cl)cc3Cl)c2)NC(=O)N1. The first kappa shape index (κ1) is 24.0. The van der Waals surface area contributed by atoms with Crippen LogP contribution in [0.25, 0.3) is 0 Å². The molecule has 1 atom stereocenters. The highest BCUT2D eigenvalue weighted by atomic mass is 35.5. The Morgan fingerprint density at radius 2 is 1.94 bits per heavy atom. The molecule has 170 valence electrons. The van der Waals surface area contributed by atoms with Gasteiger partial charge in [-0.1, -0.05) is 54.7 Å². The van der Waals surface area contributed by atoms with E-state index in [4.69, 9.17) is 32.7 Å². The van der Waals surface area contributed by atoms with E-state index in [0.717, 1.165) is 12.0 Å². The van der Waals surface area contributed by atoms with Gasteiger partial charge in [-0.05, 0) is 50.1 Å². The van der Waals surface area contributed by atoms with E-state index in [1.165, 1.54) is 0 Å². The van der Waals surface area contributed by atoms with Crippen molar-refractivity contribution in [2.75, 3.05) is 0 Å². The molecule has 1 heterocycles. The van der Waals surface area contributed by atoms with E-state index in [2.05, 4.69) is 10.6 Å². The molecule has 32 heavy (non-hydrogen) atoms. The summed E-state index contributed by atoms with van der Waals surface area (Å²) in [6.45, 7) is 5.81. The van der Waals surface area contributed by atoms with Crippen LogP contribution in [-0.2, 0) is 16.1 Å². The maximum absolute atomic E-state index is 12.9. The third kappa shape index (κ3) is 5.96. The second kappa shape index (κ2) is 10.7. The lowest BCUT2D eigenvalue weighted by atomic mass is 9.93. The van der Waals surface area contributed by atoms with Gasteiger partial charge >= 0.3 is 12.0 Å². The van der Waals surface area contributed by atoms with Crippen LogP contribution in [0.1, 0.15) is 50.8 Å². The van der Waals surface area contributed by atoms with Gasteiger partial charge in [-0.2, -0.15) is 0 Å². The number of hydrogen-bond acceptors (Lipinski definition) is 4. The fourth-order valence-electron chi connectivity index (χ4n) is 3.42. The van der Waals surface area contributed by atoms with E-state index in [1.807, 2.05) is 19.1 Å². The molecule has 0 saturated carbocycles. The van der Waals surface area contributed by atoms with Crippen molar-refractivity contribution in [2.24, 2.45) is 0 Å². The zero-order valence-electron chi connectivity index (χ0n) is 18.2. The number of esters is 1. The lowest BCUT2D eigenvalue weighted by Gasteiger charge is -2.30. The smallest absolute Gasteiger partial charge is 0.338 e. The highest BCUT2D eigenvalue weighted by Gasteiger charge is 2.34. The third-order valence-electron chi connectivity index (χ3n) is 4.82. The number of carbonyl (C=O) groups is 2. The summed E-state index contributed by atoms with van der Waals surface area (Å²) >= 11 is 12.2. The third-order valence-corrected chi connectivity index (χ3v) is 5.40. The molecule has 1 aliphatic heterocycles. The number of nitrogens with one attached hydrogen (secondary N) is 2. The summed E-state index contributed by atoms with van der Waals surface area (Å²) in [7, 11) is 0. The molecule has 0 aliphatic carbocycles. The Labute approximate surface area is 197 Å². The number of allylic oxidation sites excluding steroid dienone is 1. The lowest BCUT2D eigenvalue weighted by Crippen LogP contribution is -2.46. The predicted molar refractivity (Wildman–Crippen MR) is 125 cm³/mol. The van der Waals surface area contributed by atoms with Gasteiger partial charge in [-0.25, -0.2) is 9.59 Å². The molecule has 1 aliphatic rings. The average Bonchev–Trinajstić information content (AvgIpc) is 2.72. The van der Waals surface area contributed by atoms with Crippen molar-refractivity contribution in [1.29, 1.82) is 0 Å². The van der Waals surface area contributed by atoms with Crippen molar-refractivity contribution in [3.8, 4) is 5.75 Å². The normalized spacial score (nSPS) is 15.9. The number of halogens is 2. The molecule has 2 aromatic rings. The van der Waals surface area contributed by atoms with Crippen LogP contribution in [0.2, 0.25) is 10.0 Å². The molecule has 1 unspecified atom stereocenters. The van der Waals surface area contributed by atoms with Gasteiger partial charge in [0, 0.05) is 21.3 Å². The molecule has 2 aromatic carbocycles. The van der Waals surface area contributed by atoms with Gasteiger partial charge in [-0.15, -0.1) is 0 Å². The van der Waals surface area contributed by atoms with E-state index in [9.17, 15) is 9.59 Å². The molecule has 0 aromatic heterocycles. The van der Waals surface area contributed by atoms with Crippen molar-refractivity contribution in [3.05, 3.63) is 74.9 Å². The summed E-state index contributed by atoms with van der Waals surface area (Å²) in [6.07, 6.45) is 1.04. The molecule has 2 amide bonds. The maximum atomic E-state index is 12.9. The molecule has 3 rings (SSSR count). The van der Waals surface area contributed by atoms with Gasteiger partial charge in [0.1, 0.15) is 12.4 Å². The predicted octanol–water partition coefficient (Wildman–Crippen LogP) is 5.93. The van der Waals surface area contributed by atoms with Crippen molar-refractivity contribution < 1.29 is 19.1 Å². The first-order valence-corrected chi connectivity index (χ1v) is 11.2. The summed E-state index contributed by atoms with van der Waals surface area (Å²) < 4.78 is 11.4. The highest BCUT2D eigenvalue weighted by Crippen LogP contribution is 2.32. The van der Waals surface area contributed by atoms with Gasteiger partial charge in [0.15, 0.2) is 0 Å². The fraction of sp³-hybridized carbons (Fsp3) is 0.333. The highest BCUT2D eigenvalue weighted by molar-refractivity contribution is 6.35. The number of carbonyl (C=O) groups excluding carboxylic acids is 2. The topological polar surface area (TPSA) is 76.7 Å². The quantitative estimate of drug-likeness (QED) is 0.462. The number of urea groups is 1. The van der Waals surface area contributed by atoms with Crippen LogP contribution >= 0.6 is 23.2 Å². The molecule has 0 radical (unpaired) electrons. The first-order valence-electron chi connectivity index (χ1n) is 10.5. The van der Waals surface area contributed by atoms with Gasteiger partial charge < -0.3 is 20.1 Å². The molecule has 0 bridgehead atoms. The molecule has 0 fully saturated rings. The van der Waals surface area contributed by atoms with Gasteiger partial charge in [0.25, 0.3) is 0 Å². The van der Waals surface area contributed by atoms with Crippen molar-refractivity contribution in [3.63, 3.8) is 0 Å². The largest absolute Gasteiger partial charge is 0.489 e. The summed E-state index contributed by atoms with van der Waals surface area (Å²) in [5.74, 6) is 0.120. The van der Waals surface area contributed by atoms with Crippen molar-refractivity contribution in [2.45, 2.75) is 52.4 Å². The van der Waals surface area contributed by atoms with Crippen molar-refractivity contribution in [1.82, 2.24) is 10.6 Å². The summed E-state index contributed by atoms with van der Waals surface area (Å²) in [5, 5.41) is 6.68. The second-order valence-electron chi connectivity index (χ2n) is 7.72. The van der Waals surface area contributed by atoms with E-state index >= 15 is 0 Å². The number of amides is 2. The van der Waals surface area contributed by atoms with E-state index < -0.39 is 12.0 Å². The second-order valence-corrected chi connectivity index (χ2v) is 8.57. The summed E-state index contributed by atoms with van der Waals surface area (Å²) in [5.41, 5.74) is 2.48. The number of benzene rings is 2. The standard InChI is InChI=1S/C24H26Cl2N2O4/c1-4-6-20-21(23(29)32-14(2)3)22(28-24(30)27-20)15-7-5-8-18(11-15)31-13-16-9-10-17(25)12-19(16)26/h5,7-12,14,22H,4,6,13H2,1-3H3,(H2,27,28,30). The summed E-state index contributed by atoms with van der Waals surface area (Å²) in [6, 6.07) is 11.5. The maximum Gasteiger partial charge on any atom is 0.338 e. The zero-order valence-corrected chi connectivity index (χ0v) is 19.7. The monoisotopic (exact) mass is 476 g/mol. The van der Waals surface area contributed by atoms with Gasteiger partial charge in [0.05, 0.1) is 17.7 Å². The van der Waals surface area contributed by atoms with E-state index in [1.54, 1.807) is 44.2 Å². The van der Waals surface area contributed by atoms with Crippen LogP contribution in [-0.4, -0.2) is 18.1 Å². The van der Waals surface area contributed by atoms with Gasteiger partial charge in [-0.3, -0.25) is 0 Å². The van der Waals surface area contributed by atoms with E-state index in [-0.39, 0.29) is 18.7 Å². The first-order chi connectivity index (χ1) is 15.3. The molecule has 0 saturated heterocycles. The van der Waals surface area contributed by atoms with Crippen LogP contribution in [0.5, 0.6) is 5.75 Å². The van der Waals surface area contributed by atoms with Crippen LogP contribution in [0.15, 0.2) is 53.7 Å². The Morgan fingerprint density at radius 1 is 1.16 bits per heavy atom. The molecule has 0 spiro atoms. The zero-order chi connectivity index (χ0) is 23.3. The molecular formula is C24H26Cl2N2O4. The molecule has 2 N–H and O–H groups in total.